The number of aliphatic carboxylic acids is 1. The maximum absolute atomic E-state index is 14.8. The number of carbonyl (C=O) groups excluding carboxylic acids is 1. The summed E-state index contributed by atoms with van der Waals surface area (Å²) in [5, 5.41) is 9.46. The van der Waals surface area contributed by atoms with Crippen molar-refractivity contribution < 1.29 is 28.6 Å². The molecule has 1 aliphatic heterocycles. The average Bonchev–Trinajstić information content (AvgIpc) is 3.11. The molecule has 10 heteroatoms. The monoisotopic (exact) mass is 436 g/mol. The summed E-state index contributed by atoms with van der Waals surface area (Å²) in [5.41, 5.74) is 6.72. The fourth-order valence-electron chi connectivity index (χ4n) is 3.81. The third kappa shape index (κ3) is 5.50. The first-order valence-electron chi connectivity index (χ1n) is 10.3. The van der Waals surface area contributed by atoms with E-state index in [0.717, 1.165) is 0 Å². The molecule has 4 N–H and O–H groups in total. The molecular weight excluding hydrogens is 407 g/mol. The van der Waals surface area contributed by atoms with Crippen LogP contribution in [-0.4, -0.2) is 63.9 Å². The summed E-state index contributed by atoms with van der Waals surface area (Å²) >= 11 is 0. The number of likely N-dealkylation sites (tertiary alicyclic amines) is 1. The second-order valence-corrected chi connectivity index (χ2v) is 8.68. The van der Waals surface area contributed by atoms with Crippen LogP contribution in [0.25, 0.3) is 11.0 Å². The topological polar surface area (TPSA) is 131 Å². The molecule has 1 fully saturated rings. The Hall–Kier alpha value is -2.72. The van der Waals surface area contributed by atoms with Crippen molar-refractivity contribution in [1.29, 1.82) is 0 Å². The SMILES string of the molecule is CC(C)(C)OC(=O)N1CCC(c2c(F)cnc3[nH]c(C(CN)OCC(=O)O)cc23)CC1. The van der Waals surface area contributed by atoms with Crippen molar-refractivity contribution in [2.75, 3.05) is 26.2 Å². The molecule has 3 rings (SSSR count). The van der Waals surface area contributed by atoms with Gasteiger partial charge in [0.1, 0.15) is 29.8 Å². The number of halogens is 1. The number of carboxylic acid groups (broad SMARTS) is 1. The van der Waals surface area contributed by atoms with E-state index in [1.54, 1.807) is 11.0 Å². The van der Waals surface area contributed by atoms with Crippen molar-refractivity contribution in [3.05, 3.63) is 29.3 Å². The Morgan fingerprint density at radius 1 is 1.39 bits per heavy atom. The predicted molar refractivity (Wildman–Crippen MR) is 111 cm³/mol. The predicted octanol–water partition coefficient (Wildman–Crippen LogP) is 2.92. The van der Waals surface area contributed by atoms with Gasteiger partial charge in [-0.15, -0.1) is 0 Å². The number of nitrogens with one attached hydrogen (secondary N) is 1. The Bertz CT molecular complexity index is 947. The van der Waals surface area contributed by atoms with E-state index in [0.29, 0.717) is 48.2 Å². The van der Waals surface area contributed by atoms with Gasteiger partial charge < -0.3 is 30.2 Å². The summed E-state index contributed by atoms with van der Waals surface area (Å²) in [6, 6.07) is 1.72. The fraction of sp³-hybridized carbons (Fsp3) is 0.571. The molecule has 1 saturated heterocycles. The molecule has 0 aromatic carbocycles. The van der Waals surface area contributed by atoms with Gasteiger partial charge in [-0.3, -0.25) is 0 Å². The third-order valence-electron chi connectivity index (χ3n) is 5.20. The van der Waals surface area contributed by atoms with Gasteiger partial charge in [0.15, 0.2) is 0 Å². The third-order valence-corrected chi connectivity index (χ3v) is 5.20. The van der Waals surface area contributed by atoms with Gasteiger partial charge in [0.2, 0.25) is 0 Å². The molecule has 2 aromatic rings. The number of carbonyl (C=O) groups is 2. The minimum absolute atomic E-state index is 0.0617. The molecule has 9 nitrogen and oxygen atoms in total. The van der Waals surface area contributed by atoms with Crippen molar-refractivity contribution in [1.82, 2.24) is 14.9 Å². The van der Waals surface area contributed by atoms with Crippen LogP contribution in [0.1, 0.15) is 56.9 Å². The van der Waals surface area contributed by atoms with Gasteiger partial charge in [-0.2, -0.15) is 0 Å². The average molecular weight is 436 g/mol. The maximum Gasteiger partial charge on any atom is 0.410 e. The second-order valence-electron chi connectivity index (χ2n) is 8.68. The number of pyridine rings is 1. The summed E-state index contributed by atoms with van der Waals surface area (Å²) in [7, 11) is 0. The number of H-pyrrole nitrogens is 1. The normalized spacial score (nSPS) is 16.5. The van der Waals surface area contributed by atoms with Gasteiger partial charge in [0.25, 0.3) is 0 Å². The molecule has 1 atom stereocenters. The van der Waals surface area contributed by atoms with E-state index in [4.69, 9.17) is 20.3 Å². The molecule has 0 radical (unpaired) electrons. The van der Waals surface area contributed by atoms with E-state index >= 15 is 0 Å². The smallest absolute Gasteiger partial charge is 0.410 e. The number of rotatable bonds is 6. The number of hydrogen-bond acceptors (Lipinski definition) is 6. The van der Waals surface area contributed by atoms with Crippen LogP contribution < -0.4 is 5.73 Å². The standard InChI is InChI=1S/C21H29FN4O5/c1-21(2,3)31-20(29)26-6-4-12(5-7-26)18-13-8-15(16(9-23)30-11-17(27)28)25-19(13)24-10-14(18)22/h8,10,12,16H,4-7,9,11,23H2,1-3H3,(H,24,25)(H,27,28). The van der Waals surface area contributed by atoms with Gasteiger partial charge in [0, 0.05) is 36.3 Å². The molecule has 0 bridgehead atoms. The van der Waals surface area contributed by atoms with E-state index in [-0.39, 0.29) is 18.6 Å². The summed E-state index contributed by atoms with van der Waals surface area (Å²) in [5.74, 6) is -1.61. The molecular formula is C21H29FN4O5. The number of carboxylic acids is 1. The fourth-order valence-corrected chi connectivity index (χ4v) is 3.81. The zero-order valence-corrected chi connectivity index (χ0v) is 18.0. The number of amides is 1. The van der Waals surface area contributed by atoms with E-state index in [1.807, 2.05) is 20.8 Å². The van der Waals surface area contributed by atoms with Crippen LogP contribution in [0.15, 0.2) is 12.3 Å². The van der Waals surface area contributed by atoms with Crippen molar-refractivity contribution in [2.24, 2.45) is 5.73 Å². The zero-order chi connectivity index (χ0) is 22.8. The van der Waals surface area contributed by atoms with Crippen molar-refractivity contribution in [2.45, 2.75) is 51.2 Å². The summed E-state index contributed by atoms with van der Waals surface area (Å²) in [4.78, 5) is 31.9. The number of piperidine rings is 1. The van der Waals surface area contributed by atoms with Crippen LogP contribution in [0.5, 0.6) is 0 Å². The Morgan fingerprint density at radius 2 is 2.06 bits per heavy atom. The van der Waals surface area contributed by atoms with Crippen LogP contribution in [0.3, 0.4) is 0 Å². The Morgan fingerprint density at radius 3 is 2.65 bits per heavy atom. The Kier molecular flexibility index (Phi) is 6.80. The highest BCUT2D eigenvalue weighted by molar-refractivity contribution is 5.81. The van der Waals surface area contributed by atoms with Crippen LogP contribution >= 0.6 is 0 Å². The zero-order valence-electron chi connectivity index (χ0n) is 18.0. The maximum atomic E-state index is 14.8. The lowest BCUT2D eigenvalue weighted by Crippen LogP contribution is -2.41. The van der Waals surface area contributed by atoms with Crippen molar-refractivity contribution in [3.63, 3.8) is 0 Å². The quantitative estimate of drug-likeness (QED) is 0.634. The molecule has 2 aromatic heterocycles. The molecule has 3 heterocycles. The molecule has 1 unspecified atom stereocenters. The van der Waals surface area contributed by atoms with Crippen LogP contribution in [0.2, 0.25) is 0 Å². The van der Waals surface area contributed by atoms with Crippen molar-refractivity contribution in [3.8, 4) is 0 Å². The lowest BCUT2D eigenvalue weighted by molar-refractivity contribution is -0.144. The van der Waals surface area contributed by atoms with E-state index in [2.05, 4.69) is 9.97 Å². The summed E-state index contributed by atoms with van der Waals surface area (Å²) in [6.07, 6.45) is 1.32. The molecule has 170 valence electrons. The van der Waals surface area contributed by atoms with E-state index < -0.39 is 30.1 Å². The molecule has 1 amide bonds. The van der Waals surface area contributed by atoms with E-state index in [9.17, 15) is 14.0 Å². The van der Waals surface area contributed by atoms with Crippen molar-refractivity contribution >= 4 is 23.1 Å². The molecule has 0 saturated carbocycles. The lowest BCUT2D eigenvalue weighted by Gasteiger charge is -2.33. The van der Waals surface area contributed by atoms with Gasteiger partial charge >= 0.3 is 12.1 Å². The first-order valence-corrected chi connectivity index (χ1v) is 10.3. The largest absolute Gasteiger partial charge is 0.480 e. The lowest BCUT2D eigenvalue weighted by atomic mass is 9.88. The Labute approximate surface area is 179 Å². The van der Waals surface area contributed by atoms with Crippen LogP contribution in [-0.2, 0) is 14.3 Å². The minimum atomic E-state index is -1.10. The number of ether oxygens (including phenoxy) is 2. The summed E-state index contributed by atoms with van der Waals surface area (Å²) < 4.78 is 25.6. The van der Waals surface area contributed by atoms with E-state index in [1.165, 1.54) is 6.20 Å². The number of aromatic amines is 1. The molecule has 0 spiro atoms. The van der Waals surface area contributed by atoms with Gasteiger partial charge in [-0.25, -0.2) is 19.0 Å². The molecule has 1 aliphatic rings. The first-order chi connectivity index (χ1) is 14.6. The number of nitrogens with two attached hydrogens (primary N) is 1. The Balaban J connectivity index is 1.79. The summed E-state index contributed by atoms with van der Waals surface area (Å²) in [6.45, 7) is 5.96. The van der Waals surface area contributed by atoms with Gasteiger partial charge in [0.05, 0.1) is 6.20 Å². The number of aromatic nitrogens is 2. The molecule has 31 heavy (non-hydrogen) atoms. The second kappa shape index (κ2) is 9.19. The van der Waals surface area contributed by atoms with Crippen LogP contribution in [0.4, 0.5) is 9.18 Å². The molecule has 0 aliphatic carbocycles. The minimum Gasteiger partial charge on any atom is -0.480 e. The van der Waals surface area contributed by atoms with Crippen LogP contribution in [0, 0.1) is 5.82 Å². The van der Waals surface area contributed by atoms with Gasteiger partial charge in [-0.1, -0.05) is 0 Å². The number of nitrogens with zero attached hydrogens (tertiary/aromatic N) is 2. The highest BCUT2D eigenvalue weighted by Crippen LogP contribution is 2.36. The highest BCUT2D eigenvalue weighted by atomic mass is 19.1. The number of fused-ring (bicyclic) bond motifs is 1. The first kappa shape index (κ1) is 23.0. The number of hydrogen-bond donors (Lipinski definition) is 3. The highest BCUT2D eigenvalue weighted by Gasteiger charge is 2.30. The van der Waals surface area contributed by atoms with Gasteiger partial charge in [-0.05, 0) is 45.6 Å².